The number of rotatable bonds is 5. The number of ether oxygens (including phenoxy) is 1. The number of imide groups is 1. The maximum atomic E-state index is 12.6. The largest absolute Gasteiger partial charge is 0.479 e. The van der Waals surface area contributed by atoms with Crippen molar-refractivity contribution >= 4 is 29.6 Å². The number of benzene rings is 2. The van der Waals surface area contributed by atoms with Gasteiger partial charge in [0, 0.05) is 5.56 Å². The summed E-state index contributed by atoms with van der Waals surface area (Å²) in [6.45, 7) is 1.44. The Labute approximate surface area is 144 Å². The van der Waals surface area contributed by atoms with Crippen molar-refractivity contribution in [3.8, 4) is 5.75 Å². The molecule has 2 amide bonds. The molecule has 0 N–H and O–H groups in total. The molecule has 1 unspecified atom stereocenters. The molecule has 1 aliphatic heterocycles. The number of amides is 2. The molecule has 6 heteroatoms. The van der Waals surface area contributed by atoms with Crippen LogP contribution in [0.15, 0.2) is 48.5 Å². The second kappa shape index (κ2) is 6.68. The van der Waals surface area contributed by atoms with Crippen molar-refractivity contribution < 1.29 is 23.9 Å². The zero-order valence-electron chi connectivity index (χ0n) is 13.5. The van der Waals surface area contributed by atoms with Gasteiger partial charge in [0.15, 0.2) is 18.2 Å². The first-order valence-corrected chi connectivity index (χ1v) is 7.70. The SMILES string of the molecule is CC(=O)c1ccc(N2C(=O)CC(Oc3ccccc3C=O)C2=O)cc1. The number of Topliss-reactive ketones (excluding diaryl/α,β-unsaturated/α-hetero) is 1. The van der Waals surface area contributed by atoms with E-state index in [1.165, 1.54) is 6.92 Å². The lowest BCUT2D eigenvalue weighted by Crippen LogP contribution is -2.34. The number of carbonyl (C=O) groups excluding carboxylic acids is 4. The number of aldehydes is 1. The fourth-order valence-corrected chi connectivity index (χ4v) is 2.65. The standard InChI is InChI=1S/C19H15NO5/c1-12(22)13-6-8-15(9-7-13)20-18(23)10-17(19(20)24)25-16-5-3-2-4-14(16)11-21/h2-9,11,17H,10H2,1H3. The molecule has 0 aliphatic carbocycles. The average Bonchev–Trinajstić information content (AvgIpc) is 2.89. The molecule has 0 saturated carbocycles. The molecule has 0 bridgehead atoms. The number of hydrogen-bond donors (Lipinski definition) is 0. The Bertz CT molecular complexity index is 856. The van der Waals surface area contributed by atoms with Gasteiger partial charge in [-0.2, -0.15) is 0 Å². The molecular weight excluding hydrogens is 322 g/mol. The quantitative estimate of drug-likeness (QED) is 0.475. The van der Waals surface area contributed by atoms with Crippen LogP contribution >= 0.6 is 0 Å². The minimum Gasteiger partial charge on any atom is -0.479 e. The smallest absolute Gasteiger partial charge is 0.275 e. The lowest BCUT2D eigenvalue weighted by Gasteiger charge is -2.16. The maximum Gasteiger partial charge on any atom is 0.275 e. The summed E-state index contributed by atoms with van der Waals surface area (Å²) in [4.78, 5) is 48.2. The van der Waals surface area contributed by atoms with Gasteiger partial charge in [-0.25, -0.2) is 4.90 Å². The minimum atomic E-state index is -0.985. The van der Waals surface area contributed by atoms with Gasteiger partial charge in [-0.3, -0.25) is 19.2 Å². The first kappa shape index (κ1) is 16.6. The van der Waals surface area contributed by atoms with Crippen molar-refractivity contribution in [1.82, 2.24) is 0 Å². The van der Waals surface area contributed by atoms with Crippen molar-refractivity contribution in [3.63, 3.8) is 0 Å². The van der Waals surface area contributed by atoms with E-state index in [1.54, 1.807) is 48.5 Å². The highest BCUT2D eigenvalue weighted by Crippen LogP contribution is 2.27. The van der Waals surface area contributed by atoms with Gasteiger partial charge in [0.05, 0.1) is 17.7 Å². The molecule has 0 radical (unpaired) electrons. The molecule has 2 aromatic carbocycles. The molecule has 3 rings (SSSR count). The number of anilines is 1. The third kappa shape index (κ3) is 3.19. The van der Waals surface area contributed by atoms with E-state index in [1.807, 2.05) is 0 Å². The van der Waals surface area contributed by atoms with Crippen molar-refractivity contribution in [1.29, 1.82) is 0 Å². The van der Waals surface area contributed by atoms with Crippen molar-refractivity contribution in [2.75, 3.05) is 4.90 Å². The van der Waals surface area contributed by atoms with Gasteiger partial charge in [0.2, 0.25) is 5.91 Å². The van der Waals surface area contributed by atoms with E-state index in [9.17, 15) is 19.2 Å². The lowest BCUT2D eigenvalue weighted by molar-refractivity contribution is -0.123. The third-order valence-corrected chi connectivity index (χ3v) is 3.95. The molecule has 1 saturated heterocycles. The maximum absolute atomic E-state index is 12.6. The van der Waals surface area contributed by atoms with Crippen molar-refractivity contribution in [3.05, 3.63) is 59.7 Å². The van der Waals surface area contributed by atoms with E-state index in [2.05, 4.69) is 0 Å². The van der Waals surface area contributed by atoms with Crippen LogP contribution in [0.25, 0.3) is 0 Å². The molecule has 2 aromatic rings. The van der Waals surface area contributed by atoms with Crippen LogP contribution in [0.4, 0.5) is 5.69 Å². The summed E-state index contributed by atoms with van der Waals surface area (Å²) in [5, 5.41) is 0. The number of carbonyl (C=O) groups is 4. The molecule has 0 spiro atoms. The van der Waals surface area contributed by atoms with Crippen LogP contribution in [0.5, 0.6) is 5.75 Å². The Balaban J connectivity index is 1.82. The second-order valence-corrected chi connectivity index (χ2v) is 5.64. The number of nitrogens with zero attached hydrogens (tertiary/aromatic N) is 1. The van der Waals surface area contributed by atoms with Crippen LogP contribution in [0, 0.1) is 0 Å². The van der Waals surface area contributed by atoms with Crippen molar-refractivity contribution in [2.45, 2.75) is 19.4 Å². The van der Waals surface area contributed by atoms with E-state index in [0.717, 1.165) is 4.90 Å². The van der Waals surface area contributed by atoms with Gasteiger partial charge in [-0.15, -0.1) is 0 Å². The summed E-state index contributed by atoms with van der Waals surface area (Å²) in [7, 11) is 0. The average molecular weight is 337 g/mol. The molecule has 1 aliphatic rings. The Morgan fingerprint density at radius 2 is 1.80 bits per heavy atom. The first-order chi connectivity index (χ1) is 12.0. The fourth-order valence-electron chi connectivity index (χ4n) is 2.65. The van der Waals surface area contributed by atoms with E-state index >= 15 is 0 Å². The molecule has 1 atom stereocenters. The lowest BCUT2D eigenvalue weighted by atomic mass is 10.1. The van der Waals surface area contributed by atoms with Gasteiger partial charge in [0.25, 0.3) is 5.91 Å². The second-order valence-electron chi connectivity index (χ2n) is 5.64. The zero-order chi connectivity index (χ0) is 18.0. The highest BCUT2D eigenvalue weighted by atomic mass is 16.5. The predicted molar refractivity (Wildman–Crippen MR) is 89.8 cm³/mol. The summed E-state index contributed by atoms with van der Waals surface area (Å²) in [5.74, 6) is -0.731. The molecule has 1 fully saturated rings. The Morgan fingerprint density at radius 3 is 2.44 bits per heavy atom. The van der Waals surface area contributed by atoms with Gasteiger partial charge in [-0.1, -0.05) is 12.1 Å². The van der Waals surface area contributed by atoms with Gasteiger partial charge in [-0.05, 0) is 43.3 Å². The summed E-state index contributed by atoms with van der Waals surface area (Å²) in [6, 6.07) is 12.7. The number of hydrogen-bond acceptors (Lipinski definition) is 5. The van der Waals surface area contributed by atoms with Gasteiger partial charge >= 0.3 is 0 Å². The Morgan fingerprint density at radius 1 is 1.12 bits per heavy atom. The number of ketones is 1. The Hall–Kier alpha value is -3.28. The van der Waals surface area contributed by atoms with Crippen LogP contribution in [0.1, 0.15) is 34.1 Å². The Kier molecular flexibility index (Phi) is 4.43. The molecule has 25 heavy (non-hydrogen) atoms. The summed E-state index contributed by atoms with van der Waals surface area (Å²) >= 11 is 0. The zero-order valence-corrected chi connectivity index (χ0v) is 13.5. The van der Waals surface area contributed by atoms with Crippen LogP contribution < -0.4 is 9.64 Å². The molecule has 6 nitrogen and oxygen atoms in total. The van der Waals surface area contributed by atoms with Crippen LogP contribution in [-0.2, 0) is 9.59 Å². The van der Waals surface area contributed by atoms with E-state index in [0.29, 0.717) is 23.1 Å². The highest BCUT2D eigenvalue weighted by Gasteiger charge is 2.41. The van der Waals surface area contributed by atoms with Crippen molar-refractivity contribution in [2.24, 2.45) is 0 Å². The summed E-state index contributed by atoms with van der Waals surface area (Å²) in [6.07, 6.45) is -0.462. The minimum absolute atomic E-state index is 0.0997. The monoisotopic (exact) mass is 337 g/mol. The third-order valence-electron chi connectivity index (χ3n) is 3.95. The van der Waals surface area contributed by atoms with Crippen LogP contribution in [0.3, 0.4) is 0 Å². The number of para-hydroxylation sites is 1. The van der Waals surface area contributed by atoms with E-state index < -0.39 is 17.9 Å². The van der Waals surface area contributed by atoms with Crippen LogP contribution in [0.2, 0.25) is 0 Å². The predicted octanol–water partition coefficient (Wildman–Crippen LogP) is 2.41. The summed E-state index contributed by atoms with van der Waals surface area (Å²) in [5.41, 5.74) is 1.19. The molecule has 0 aromatic heterocycles. The first-order valence-electron chi connectivity index (χ1n) is 7.70. The highest BCUT2D eigenvalue weighted by molar-refractivity contribution is 6.22. The molecular formula is C19H15NO5. The molecule has 1 heterocycles. The fraction of sp³-hybridized carbons (Fsp3) is 0.158. The topological polar surface area (TPSA) is 80.8 Å². The normalized spacial score (nSPS) is 16.8. The van der Waals surface area contributed by atoms with Crippen LogP contribution in [-0.4, -0.2) is 30.0 Å². The van der Waals surface area contributed by atoms with Gasteiger partial charge < -0.3 is 4.74 Å². The van der Waals surface area contributed by atoms with E-state index in [-0.39, 0.29) is 18.0 Å². The molecule has 126 valence electrons. The van der Waals surface area contributed by atoms with Gasteiger partial charge in [0.1, 0.15) is 5.75 Å². The summed E-state index contributed by atoms with van der Waals surface area (Å²) < 4.78 is 5.60. The van der Waals surface area contributed by atoms with E-state index in [4.69, 9.17) is 4.74 Å².